The molecule has 0 fully saturated rings. The van der Waals surface area contributed by atoms with Crippen LogP contribution in [-0.2, 0) is 0 Å². The lowest BCUT2D eigenvalue weighted by Crippen LogP contribution is -1.92. The van der Waals surface area contributed by atoms with Crippen molar-refractivity contribution in [1.29, 1.82) is 0 Å². The molecule has 0 unspecified atom stereocenters. The second-order valence-corrected chi connectivity index (χ2v) is 3.62. The summed E-state index contributed by atoms with van der Waals surface area (Å²) in [5.74, 6) is 1.61. The van der Waals surface area contributed by atoms with E-state index in [1.165, 1.54) is 6.07 Å². The Hall–Kier alpha value is -2.23. The highest BCUT2D eigenvalue weighted by atomic mass is 16.5. The zero-order valence-electron chi connectivity index (χ0n) is 9.68. The third kappa shape index (κ3) is 2.66. The molecule has 4 heteroatoms. The molecule has 1 aromatic carbocycles. The van der Waals surface area contributed by atoms with E-state index in [4.69, 9.17) is 9.47 Å². The Balaban J connectivity index is 2.31. The Morgan fingerprint density at radius 1 is 1.24 bits per heavy atom. The van der Waals surface area contributed by atoms with Crippen LogP contribution in [0.2, 0.25) is 0 Å². The highest BCUT2D eigenvalue weighted by Crippen LogP contribution is 2.30. The predicted molar refractivity (Wildman–Crippen MR) is 63.7 cm³/mol. The van der Waals surface area contributed by atoms with Gasteiger partial charge in [0.15, 0.2) is 5.75 Å². The first-order valence-electron chi connectivity index (χ1n) is 5.16. The number of nitrogens with zero attached hydrogens (tertiary/aromatic N) is 1. The zero-order chi connectivity index (χ0) is 12.3. The second kappa shape index (κ2) is 4.74. The molecular weight excluding hydrogens is 218 g/mol. The van der Waals surface area contributed by atoms with Crippen molar-refractivity contribution in [2.45, 2.75) is 6.92 Å². The number of methoxy groups -OCH3 is 1. The summed E-state index contributed by atoms with van der Waals surface area (Å²) in [6.45, 7) is 1.88. The standard InChI is InChI=1S/C13H13NO3/c1-9-6-10(15)8-11(7-9)17-13-12(16-2)4-3-5-14-13/h3-8,15H,1-2H3. The number of aromatic hydroxyl groups is 1. The quantitative estimate of drug-likeness (QED) is 0.882. The highest BCUT2D eigenvalue weighted by molar-refractivity contribution is 5.41. The Morgan fingerprint density at radius 2 is 2.06 bits per heavy atom. The van der Waals surface area contributed by atoms with Crippen LogP contribution >= 0.6 is 0 Å². The van der Waals surface area contributed by atoms with Crippen molar-refractivity contribution in [2.24, 2.45) is 0 Å². The summed E-state index contributed by atoms with van der Waals surface area (Å²) in [6, 6.07) is 8.52. The van der Waals surface area contributed by atoms with Gasteiger partial charge in [-0.05, 0) is 36.8 Å². The molecule has 0 saturated carbocycles. The van der Waals surface area contributed by atoms with E-state index >= 15 is 0 Å². The van der Waals surface area contributed by atoms with Crippen molar-refractivity contribution in [2.75, 3.05) is 7.11 Å². The first-order chi connectivity index (χ1) is 8.19. The molecule has 4 nitrogen and oxygen atoms in total. The lowest BCUT2D eigenvalue weighted by Gasteiger charge is -2.09. The van der Waals surface area contributed by atoms with E-state index in [0.29, 0.717) is 17.4 Å². The van der Waals surface area contributed by atoms with Gasteiger partial charge in [0.2, 0.25) is 0 Å². The number of ether oxygens (including phenoxy) is 2. The minimum atomic E-state index is 0.162. The van der Waals surface area contributed by atoms with E-state index < -0.39 is 0 Å². The largest absolute Gasteiger partial charge is 0.508 e. The number of aromatic nitrogens is 1. The molecule has 0 aliphatic heterocycles. The topological polar surface area (TPSA) is 51.6 Å². The van der Waals surface area contributed by atoms with Crippen LogP contribution < -0.4 is 9.47 Å². The monoisotopic (exact) mass is 231 g/mol. The lowest BCUT2D eigenvalue weighted by molar-refractivity contribution is 0.368. The number of aryl methyl sites for hydroxylation is 1. The lowest BCUT2D eigenvalue weighted by atomic mass is 10.2. The molecule has 0 spiro atoms. The molecule has 2 aromatic rings. The number of phenols is 1. The SMILES string of the molecule is COc1cccnc1Oc1cc(C)cc(O)c1. The maximum absolute atomic E-state index is 9.47. The summed E-state index contributed by atoms with van der Waals surface area (Å²) in [5.41, 5.74) is 0.912. The van der Waals surface area contributed by atoms with Gasteiger partial charge in [0, 0.05) is 12.3 Å². The van der Waals surface area contributed by atoms with Crippen LogP contribution in [-0.4, -0.2) is 17.2 Å². The van der Waals surface area contributed by atoms with Gasteiger partial charge in [0.25, 0.3) is 5.88 Å². The van der Waals surface area contributed by atoms with Crippen LogP contribution in [0.1, 0.15) is 5.56 Å². The van der Waals surface area contributed by atoms with Gasteiger partial charge in [-0.25, -0.2) is 4.98 Å². The highest BCUT2D eigenvalue weighted by Gasteiger charge is 2.07. The Bertz CT molecular complexity index is 506. The van der Waals surface area contributed by atoms with Gasteiger partial charge in [0.05, 0.1) is 7.11 Å². The molecule has 2 rings (SSSR count). The first kappa shape index (κ1) is 11.3. The van der Waals surface area contributed by atoms with Crippen LogP contribution in [0.15, 0.2) is 36.5 Å². The van der Waals surface area contributed by atoms with Crippen LogP contribution in [0.4, 0.5) is 0 Å². The number of rotatable bonds is 3. The summed E-state index contributed by atoms with van der Waals surface area (Å²) in [7, 11) is 1.55. The number of hydrogen-bond acceptors (Lipinski definition) is 4. The van der Waals surface area contributed by atoms with Crippen molar-refractivity contribution < 1.29 is 14.6 Å². The number of benzene rings is 1. The molecule has 0 saturated heterocycles. The smallest absolute Gasteiger partial charge is 0.262 e. The molecule has 1 heterocycles. The fraction of sp³-hybridized carbons (Fsp3) is 0.154. The van der Waals surface area contributed by atoms with Crippen molar-refractivity contribution in [3.05, 3.63) is 42.1 Å². The maximum atomic E-state index is 9.47. The molecule has 1 aromatic heterocycles. The minimum Gasteiger partial charge on any atom is -0.508 e. The molecule has 0 amide bonds. The third-order valence-electron chi connectivity index (χ3n) is 2.21. The predicted octanol–water partition coefficient (Wildman–Crippen LogP) is 2.90. The van der Waals surface area contributed by atoms with E-state index in [0.717, 1.165) is 5.56 Å². The number of phenolic OH excluding ortho intramolecular Hbond substituents is 1. The first-order valence-corrected chi connectivity index (χ1v) is 5.16. The average molecular weight is 231 g/mol. The second-order valence-electron chi connectivity index (χ2n) is 3.62. The van der Waals surface area contributed by atoms with Crippen LogP contribution in [0.25, 0.3) is 0 Å². The fourth-order valence-electron chi connectivity index (χ4n) is 1.51. The summed E-state index contributed by atoms with van der Waals surface area (Å²) in [4.78, 5) is 4.08. The molecule has 0 radical (unpaired) electrons. The van der Waals surface area contributed by atoms with E-state index in [9.17, 15) is 5.11 Å². The van der Waals surface area contributed by atoms with E-state index in [1.54, 1.807) is 31.5 Å². The van der Waals surface area contributed by atoms with E-state index in [1.807, 2.05) is 13.0 Å². The molecular formula is C13H13NO3. The zero-order valence-corrected chi connectivity index (χ0v) is 9.68. The van der Waals surface area contributed by atoms with Crippen LogP contribution in [0, 0.1) is 6.92 Å². The van der Waals surface area contributed by atoms with Gasteiger partial charge in [-0.1, -0.05) is 0 Å². The summed E-state index contributed by atoms with van der Waals surface area (Å²) < 4.78 is 10.7. The minimum absolute atomic E-state index is 0.162. The van der Waals surface area contributed by atoms with Crippen molar-refractivity contribution >= 4 is 0 Å². The summed E-state index contributed by atoms with van der Waals surface area (Å²) in [6.07, 6.45) is 1.62. The van der Waals surface area contributed by atoms with Gasteiger partial charge in [-0.15, -0.1) is 0 Å². The average Bonchev–Trinajstić information content (AvgIpc) is 2.28. The molecule has 1 N–H and O–H groups in total. The Kier molecular flexibility index (Phi) is 3.14. The van der Waals surface area contributed by atoms with Gasteiger partial charge in [-0.3, -0.25) is 0 Å². The summed E-state index contributed by atoms with van der Waals surface area (Å²) >= 11 is 0. The van der Waals surface area contributed by atoms with Crippen LogP contribution in [0.5, 0.6) is 23.1 Å². The Morgan fingerprint density at radius 3 is 2.76 bits per heavy atom. The molecule has 0 aliphatic rings. The third-order valence-corrected chi connectivity index (χ3v) is 2.21. The van der Waals surface area contributed by atoms with Gasteiger partial charge in [0.1, 0.15) is 11.5 Å². The Labute approximate surface area is 99.5 Å². The molecule has 17 heavy (non-hydrogen) atoms. The maximum Gasteiger partial charge on any atom is 0.262 e. The molecule has 0 atom stereocenters. The number of hydrogen-bond donors (Lipinski definition) is 1. The van der Waals surface area contributed by atoms with E-state index in [-0.39, 0.29) is 5.75 Å². The van der Waals surface area contributed by atoms with Gasteiger partial charge in [-0.2, -0.15) is 0 Å². The van der Waals surface area contributed by atoms with E-state index in [2.05, 4.69) is 4.98 Å². The fourth-order valence-corrected chi connectivity index (χ4v) is 1.51. The van der Waals surface area contributed by atoms with Crippen molar-refractivity contribution in [3.8, 4) is 23.1 Å². The number of pyridine rings is 1. The summed E-state index contributed by atoms with van der Waals surface area (Å²) in [5, 5.41) is 9.47. The van der Waals surface area contributed by atoms with Crippen molar-refractivity contribution in [3.63, 3.8) is 0 Å². The molecule has 0 aliphatic carbocycles. The van der Waals surface area contributed by atoms with Crippen LogP contribution in [0.3, 0.4) is 0 Å². The van der Waals surface area contributed by atoms with Gasteiger partial charge >= 0.3 is 0 Å². The normalized spacial score (nSPS) is 10.0. The molecule has 0 bridgehead atoms. The van der Waals surface area contributed by atoms with Gasteiger partial charge < -0.3 is 14.6 Å². The van der Waals surface area contributed by atoms with Crippen molar-refractivity contribution in [1.82, 2.24) is 4.98 Å². The molecule has 88 valence electrons.